The predicted molar refractivity (Wildman–Crippen MR) is 111 cm³/mol. The van der Waals surface area contributed by atoms with Gasteiger partial charge in [-0.3, -0.25) is 14.4 Å². The number of benzene rings is 1. The lowest BCUT2D eigenvalue weighted by Gasteiger charge is -2.17. The van der Waals surface area contributed by atoms with Crippen molar-refractivity contribution in [3.8, 4) is 0 Å². The second-order valence-electron chi connectivity index (χ2n) is 7.83. The van der Waals surface area contributed by atoms with Gasteiger partial charge in [0.1, 0.15) is 5.78 Å². The van der Waals surface area contributed by atoms with Gasteiger partial charge in [-0.25, -0.2) is 0 Å². The average Bonchev–Trinajstić information content (AvgIpc) is 2.57. The van der Waals surface area contributed by atoms with Gasteiger partial charge in [0.25, 0.3) is 0 Å². The smallest absolute Gasteiger partial charge is 0.231 e. The Balaban J connectivity index is 2.80. The predicted octanol–water partition coefficient (Wildman–Crippen LogP) is 5.44. The molecule has 5 nitrogen and oxygen atoms in total. The van der Waals surface area contributed by atoms with E-state index in [4.69, 9.17) is 11.6 Å². The van der Waals surface area contributed by atoms with Crippen molar-refractivity contribution in [2.24, 2.45) is 11.3 Å². The molecule has 0 fully saturated rings. The molecular weight excluding hydrogens is 364 g/mol. The van der Waals surface area contributed by atoms with Gasteiger partial charge in [-0.2, -0.15) is 0 Å². The minimum Gasteiger partial charge on any atom is -0.326 e. The summed E-state index contributed by atoms with van der Waals surface area (Å²) in [4.78, 5) is 36.6. The number of anilines is 2. The van der Waals surface area contributed by atoms with E-state index in [1.807, 2.05) is 6.92 Å². The van der Waals surface area contributed by atoms with E-state index < -0.39 is 11.3 Å². The summed E-state index contributed by atoms with van der Waals surface area (Å²) in [5.41, 5.74) is 0.365. The van der Waals surface area contributed by atoms with Crippen molar-refractivity contribution >= 4 is 40.6 Å². The molecule has 0 heterocycles. The number of carbonyl (C=O) groups excluding carboxylic acids is 3. The molecule has 0 aromatic heterocycles. The molecule has 6 heteroatoms. The monoisotopic (exact) mass is 394 g/mol. The lowest BCUT2D eigenvalue weighted by molar-refractivity contribution is -0.130. The van der Waals surface area contributed by atoms with Crippen molar-refractivity contribution in [2.75, 3.05) is 10.6 Å². The number of rotatable bonds is 9. The Labute approximate surface area is 167 Å². The zero-order chi connectivity index (χ0) is 20.6. The van der Waals surface area contributed by atoms with Crippen LogP contribution in [0.3, 0.4) is 0 Å². The number of unbranched alkanes of at least 4 members (excludes halogenated alkanes) is 1. The maximum atomic E-state index is 12.4. The highest BCUT2D eigenvalue weighted by atomic mass is 35.5. The van der Waals surface area contributed by atoms with E-state index in [2.05, 4.69) is 17.6 Å². The first-order valence-corrected chi connectivity index (χ1v) is 9.89. The fraction of sp³-hybridized carbons (Fsp3) is 0.571. The molecule has 0 saturated carbocycles. The highest BCUT2D eigenvalue weighted by Crippen LogP contribution is 2.27. The van der Waals surface area contributed by atoms with Crippen LogP contribution in [-0.2, 0) is 14.4 Å². The molecule has 150 valence electrons. The minimum absolute atomic E-state index is 0.0338. The topological polar surface area (TPSA) is 75.3 Å². The van der Waals surface area contributed by atoms with Gasteiger partial charge in [0.15, 0.2) is 0 Å². The normalized spacial score (nSPS) is 12.4. The zero-order valence-electron chi connectivity index (χ0n) is 16.9. The van der Waals surface area contributed by atoms with Crippen LogP contribution in [0.2, 0.25) is 5.02 Å². The van der Waals surface area contributed by atoms with E-state index >= 15 is 0 Å². The van der Waals surface area contributed by atoms with Crippen LogP contribution in [0.5, 0.6) is 0 Å². The van der Waals surface area contributed by atoms with Crippen molar-refractivity contribution in [2.45, 2.75) is 66.7 Å². The third-order valence-corrected chi connectivity index (χ3v) is 4.76. The third kappa shape index (κ3) is 7.71. The quantitative estimate of drug-likeness (QED) is 0.547. The maximum Gasteiger partial charge on any atom is 0.231 e. The van der Waals surface area contributed by atoms with Gasteiger partial charge in [0.2, 0.25) is 11.8 Å². The number of carbonyl (C=O) groups is 3. The lowest BCUT2D eigenvalue weighted by atomic mass is 9.89. The van der Waals surface area contributed by atoms with Gasteiger partial charge in [0.05, 0.1) is 17.1 Å². The molecule has 1 rings (SSSR count). The highest BCUT2D eigenvalue weighted by Gasteiger charge is 2.24. The molecule has 1 atom stereocenters. The number of nitrogens with one attached hydrogen (secondary N) is 2. The fourth-order valence-electron chi connectivity index (χ4n) is 2.52. The lowest BCUT2D eigenvalue weighted by Crippen LogP contribution is -2.26. The SMILES string of the molecule is CCCCC(CC)C(=O)Nc1ccc(Cl)c(NC(=O)CC(=O)C(C)(C)C)c1. The Morgan fingerprint density at radius 3 is 2.33 bits per heavy atom. The van der Waals surface area contributed by atoms with E-state index in [9.17, 15) is 14.4 Å². The summed E-state index contributed by atoms with van der Waals surface area (Å²) in [5.74, 6) is -0.645. The summed E-state index contributed by atoms with van der Waals surface area (Å²) >= 11 is 6.15. The molecule has 0 spiro atoms. The highest BCUT2D eigenvalue weighted by molar-refractivity contribution is 6.34. The van der Waals surface area contributed by atoms with Crippen molar-refractivity contribution in [3.05, 3.63) is 23.2 Å². The van der Waals surface area contributed by atoms with E-state index in [0.29, 0.717) is 16.4 Å². The van der Waals surface area contributed by atoms with Crippen molar-refractivity contribution < 1.29 is 14.4 Å². The Morgan fingerprint density at radius 2 is 1.78 bits per heavy atom. The molecule has 2 N–H and O–H groups in total. The summed E-state index contributed by atoms with van der Waals surface area (Å²) in [7, 11) is 0. The van der Waals surface area contributed by atoms with Crippen LogP contribution in [0.1, 0.15) is 66.7 Å². The molecule has 2 amide bonds. The van der Waals surface area contributed by atoms with Gasteiger partial charge < -0.3 is 10.6 Å². The number of hydrogen-bond donors (Lipinski definition) is 2. The summed E-state index contributed by atoms with van der Waals surface area (Å²) in [6.45, 7) is 9.42. The van der Waals surface area contributed by atoms with Crippen molar-refractivity contribution in [3.63, 3.8) is 0 Å². The number of Topliss-reactive ketones (excluding diaryl/α,β-unsaturated/α-hetero) is 1. The van der Waals surface area contributed by atoms with Crippen LogP contribution in [0.4, 0.5) is 11.4 Å². The molecule has 0 aliphatic heterocycles. The number of ketones is 1. The Hall–Kier alpha value is -1.88. The summed E-state index contributed by atoms with van der Waals surface area (Å²) < 4.78 is 0. The Bertz CT molecular complexity index is 680. The minimum atomic E-state index is -0.579. The van der Waals surface area contributed by atoms with Crippen LogP contribution >= 0.6 is 11.6 Å². The molecular formula is C21H31ClN2O3. The maximum absolute atomic E-state index is 12.4. The molecule has 1 aromatic rings. The molecule has 0 aliphatic carbocycles. The summed E-state index contributed by atoms with van der Waals surface area (Å²) in [6.07, 6.45) is 3.47. The van der Waals surface area contributed by atoms with E-state index in [1.54, 1.807) is 39.0 Å². The largest absolute Gasteiger partial charge is 0.326 e. The van der Waals surface area contributed by atoms with Gasteiger partial charge >= 0.3 is 0 Å². The van der Waals surface area contributed by atoms with Crippen LogP contribution in [0.25, 0.3) is 0 Å². The third-order valence-electron chi connectivity index (χ3n) is 4.44. The van der Waals surface area contributed by atoms with E-state index in [0.717, 1.165) is 25.7 Å². The zero-order valence-corrected chi connectivity index (χ0v) is 17.7. The van der Waals surface area contributed by atoms with E-state index in [-0.39, 0.29) is 24.0 Å². The molecule has 0 radical (unpaired) electrons. The molecule has 0 bridgehead atoms. The Morgan fingerprint density at radius 1 is 1.11 bits per heavy atom. The fourth-order valence-corrected chi connectivity index (χ4v) is 2.68. The molecule has 27 heavy (non-hydrogen) atoms. The van der Waals surface area contributed by atoms with Gasteiger partial charge in [0, 0.05) is 17.0 Å². The van der Waals surface area contributed by atoms with Crippen LogP contribution < -0.4 is 10.6 Å². The molecule has 1 unspecified atom stereocenters. The number of hydrogen-bond acceptors (Lipinski definition) is 3. The van der Waals surface area contributed by atoms with Gasteiger partial charge in [-0.15, -0.1) is 0 Å². The first kappa shape index (κ1) is 23.2. The number of halogens is 1. The van der Waals surface area contributed by atoms with Crippen molar-refractivity contribution in [1.29, 1.82) is 0 Å². The standard InChI is InChI=1S/C21H31ClN2O3/c1-6-8-9-14(7-2)20(27)23-15-10-11-16(22)17(12-15)24-19(26)13-18(25)21(3,4)5/h10-12,14H,6-9,13H2,1-5H3,(H,23,27)(H,24,26). The van der Waals surface area contributed by atoms with Gasteiger partial charge in [-0.1, -0.05) is 59.1 Å². The van der Waals surface area contributed by atoms with Crippen LogP contribution in [0, 0.1) is 11.3 Å². The summed E-state index contributed by atoms with van der Waals surface area (Å²) in [6, 6.07) is 4.93. The first-order valence-electron chi connectivity index (χ1n) is 9.52. The van der Waals surface area contributed by atoms with Crippen molar-refractivity contribution in [1.82, 2.24) is 0 Å². The molecule has 0 saturated heterocycles. The second-order valence-corrected chi connectivity index (χ2v) is 8.24. The van der Waals surface area contributed by atoms with Crippen LogP contribution in [-0.4, -0.2) is 17.6 Å². The van der Waals surface area contributed by atoms with E-state index in [1.165, 1.54) is 0 Å². The van der Waals surface area contributed by atoms with Crippen LogP contribution in [0.15, 0.2) is 18.2 Å². The molecule has 0 aliphatic rings. The second kappa shape index (κ2) is 10.5. The first-order chi connectivity index (χ1) is 12.6. The summed E-state index contributed by atoms with van der Waals surface area (Å²) in [5, 5.41) is 5.90. The molecule has 1 aromatic carbocycles. The Kier molecular flexibility index (Phi) is 8.97. The number of amides is 2. The van der Waals surface area contributed by atoms with Gasteiger partial charge in [-0.05, 0) is 31.0 Å². The average molecular weight is 395 g/mol.